The number of likely N-dealkylation sites (N-methyl/N-ethyl adjacent to an activating group) is 7. The average Bonchev–Trinajstić information content (AvgIpc) is 0.749. The van der Waals surface area contributed by atoms with E-state index >= 15 is 38.4 Å². The third kappa shape index (κ3) is 30.1. The lowest BCUT2D eigenvalue weighted by molar-refractivity contribution is -0.157. The number of aliphatic hydroxyl groups is 1. The minimum Gasteiger partial charge on any atom is -0.390 e. The van der Waals surface area contributed by atoms with Crippen molar-refractivity contribution < 1.29 is 62.6 Å². The van der Waals surface area contributed by atoms with Gasteiger partial charge in [-0.15, -0.1) is 0 Å². The predicted octanol–water partition coefficient (Wildman–Crippen LogP) is 9.92. The van der Waals surface area contributed by atoms with Crippen molar-refractivity contribution in [3.8, 4) is 0 Å². The summed E-state index contributed by atoms with van der Waals surface area (Å²) in [5.41, 5.74) is 0.882. The number of amides is 12. The van der Waals surface area contributed by atoms with Gasteiger partial charge in [0.2, 0.25) is 65.0 Å². The maximum Gasteiger partial charge on any atom is 0.251 e. The van der Waals surface area contributed by atoms with Crippen molar-refractivity contribution in [2.75, 3.05) is 75.1 Å². The Hall–Kier alpha value is -9.39. The van der Waals surface area contributed by atoms with Gasteiger partial charge in [-0.25, -0.2) is 0 Å². The number of carbonyl (C=O) groups is 12. The second kappa shape index (κ2) is 52.2. The third-order valence-corrected chi connectivity index (χ3v) is 29.1. The average molecular weight is 1770 g/mol. The minimum atomic E-state index is -1.87. The van der Waals surface area contributed by atoms with Crippen LogP contribution in [0, 0.1) is 41.4 Å². The number of benzene rings is 4. The van der Waals surface area contributed by atoms with Crippen LogP contribution in [0.1, 0.15) is 217 Å². The fourth-order valence-electron chi connectivity index (χ4n) is 16.9. The van der Waals surface area contributed by atoms with Gasteiger partial charge >= 0.3 is 0 Å². The third-order valence-electron chi connectivity index (χ3n) is 24.5. The number of aliphatic hydroxyl groups excluding tert-OH is 1. The van der Waals surface area contributed by atoms with Crippen LogP contribution in [-0.2, 0) is 59.2 Å². The number of allylic oxidation sites excluding steroid dienone is 2. The van der Waals surface area contributed by atoms with E-state index in [9.17, 15) is 24.3 Å². The van der Waals surface area contributed by atoms with Crippen molar-refractivity contribution in [3.63, 3.8) is 0 Å². The maximum absolute atomic E-state index is 15.9. The lowest BCUT2D eigenvalue weighted by atomic mass is 9.91. The predicted molar refractivity (Wildman–Crippen MR) is 505 cm³/mol. The van der Waals surface area contributed by atoms with E-state index in [1.807, 2.05) is 61.5 Å². The van der Waals surface area contributed by atoms with Crippen LogP contribution in [0.2, 0.25) is 0 Å². The molecule has 1 fully saturated rings. The fourth-order valence-corrected chi connectivity index (χ4v) is 21.3. The summed E-state index contributed by atoms with van der Waals surface area (Å²) in [7, 11) is 8.13. The summed E-state index contributed by atoms with van der Waals surface area (Å²) >= 11 is 0. The number of hydrogen-bond acceptors (Lipinski definition) is 14. The quantitative estimate of drug-likeness (QED) is 0.0130. The van der Waals surface area contributed by atoms with Crippen LogP contribution in [0.3, 0.4) is 0 Å². The molecule has 1 aliphatic rings. The first-order valence-electron chi connectivity index (χ1n) is 46.0. The summed E-state index contributed by atoms with van der Waals surface area (Å²) in [5.74, 6) is -10.8. The van der Waals surface area contributed by atoms with Crippen LogP contribution in [0.15, 0.2) is 127 Å². The first-order valence-corrected chi connectivity index (χ1v) is 48.0. The minimum absolute atomic E-state index is 0.0621. The molecule has 0 aliphatic carbocycles. The Morgan fingerprint density at radius 1 is 0.421 bits per heavy atom. The van der Waals surface area contributed by atoms with E-state index in [1.165, 1.54) is 108 Å². The number of rotatable bonds is 34. The lowest BCUT2D eigenvalue weighted by Gasteiger charge is -2.41. The monoisotopic (exact) mass is 1770 g/mol. The Kier molecular flexibility index (Phi) is 44.4. The molecular weight excluding hydrogens is 1610 g/mol. The molecule has 27 heteroatoms. The molecular formula is C99H155N13O13P+. The Bertz CT molecular complexity index is 4070. The second-order valence-corrected chi connectivity index (χ2v) is 40.8. The van der Waals surface area contributed by atoms with E-state index in [1.54, 1.807) is 78.8 Å². The van der Waals surface area contributed by atoms with Crippen LogP contribution in [0.5, 0.6) is 0 Å². The van der Waals surface area contributed by atoms with E-state index in [0.29, 0.717) is 17.7 Å². The molecule has 5 rings (SSSR count). The van der Waals surface area contributed by atoms with Gasteiger partial charge in [-0.3, -0.25) is 57.5 Å². The molecule has 12 amide bonds. The zero-order valence-corrected chi connectivity index (χ0v) is 81.1. The van der Waals surface area contributed by atoms with Crippen LogP contribution in [0.4, 0.5) is 0 Å². The highest BCUT2D eigenvalue weighted by atomic mass is 31.2. The molecule has 698 valence electrons. The van der Waals surface area contributed by atoms with E-state index < -0.39 is 163 Å². The van der Waals surface area contributed by atoms with Crippen molar-refractivity contribution >= 4 is 94.1 Å². The molecule has 4 aromatic rings. The molecule has 7 N–H and O–H groups in total. The summed E-state index contributed by atoms with van der Waals surface area (Å²) in [4.78, 5) is 190. The van der Waals surface area contributed by atoms with Gasteiger partial charge in [-0.2, -0.15) is 0 Å². The number of nitrogens with one attached hydrogen (secondary N) is 6. The Morgan fingerprint density at radius 3 is 1.29 bits per heavy atom. The van der Waals surface area contributed by atoms with Crippen molar-refractivity contribution in [2.45, 2.75) is 280 Å². The van der Waals surface area contributed by atoms with Gasteiger partial charge in [-0.05, 0) is 200 Å². The van der Waals surface area contributed by atoms with Crippen molar-refractivity contribution in [1.82, 2.24) is 66.2 Å². The first kappa shape index (κ1) is 107. The second-order valence-electron chi connectivity index (χ2n) is 37.2. The van der Waals surface area contributed by atoms with Crippen LogP contribution in [-0.4, -0.2) is 258 Å². The molecule has 1 unspecified atom stereocenters. The molecule has 0 aromatic heterocycles. The molecule has 4 aromatic carbocycles. The standard InChI is InChI=1S/C99H154N13O13P/c1-25-27-44-70(15)87(113)86-92(118)104-78(26-2)94(120)109(21)83(63-73-51-53-74(54-52-73)89(115)101-57-42-29-28-40-55-100-56-41-33-43-58-126(75-45-34-30-35-46-75,76-47-36-31-37-48-76)77-49-38-32-39-50-77)96(122)106(18)80(60-65(5)6)91(117)105-84(68(11)12)98(124)107(19)79(59-64(3)4)90(116)102-71(16)88(114)103-72(17)93(119)108(20)81(61-66(7)8)95(121)110(22)82(62-67(9)10)97(123)111(23)85(69(13)14)99(125)112(86)24/h25,27,30-32,34-39,45-54,64-72,78-87,100,113H,26,28-29,33,40-44,55-63H2,1-24H3,(H4-,101,102,103,104,105,114,115,116,117,118)/p+1/b27-25+/t70-,71+,72-,78+,79+,80+,81+,82+,83?,84+,85+,86+,87-/m1/s1. The number of hydrogen-bond donors (Lipinski definition) is 7. The van der Waals surface area contributed by atoms with Gasteiger partial charge in [-0.1, -0.05) is 189 Å². The van der Waals surface area contributed by atoms with Gasteiger partial charge < -0.3 is 71.3 Å². The topological polar surface area (TPSA) is 320 Å². The van der Waals surface area contributed by atoms with Crippen molar-refractivity contribution in [1.29, 1.82) is 0 Å². The van der Waals surface area contributed by atoms with Gasteiger partial charge in [0.05, 0.1) is 12.3 Å². The van der Waals surface area contributed by atoms with Crippen LogP contribution >= 0.6 is 7.26 Å². The molecule has 1 heterocycles. The molecule has 126 heavy (non-hydrogen) atoms. The Morgan fingerprint density at radius 2 is 0.825 bits per heavy atom. The molecule has 0 spiro atoms. The van der Waals surface area contributed by atoms with Gasteiger partial charge in [0.1, 0.15) is 89.6 Å². The highest BCUT2D eigenvalue weighted by Crippen LogP contribution is 2.56. The van der Waals surface area contributed by atoms with E-state index in [-0.39, 0.29) is 74.5 Å². The van der Waals surface area contributed by atoms with Gasteiger partial charge in [0.15, 0.2) is 0 Å². The van der Waals surface area contributed by atoms with E-state index in [0.717, 1.165) is 69.1 Å². The maximum atomic E-state index is 15.9. The molecule has 0 radical (unpaired) electrons. The first-order chi connectivity index (χ1) is 59.5. The zero-order valence-electron chi connectivity index (χ0n) is 80.2. The fraction of sp³-hybridized carbons (Fsp3) is 0.616. The van der Waals surface area contributed by atoms with Crippen LogP contribution in [0.25, 0.3) is 0 Å². The normalized spacial score (nSPS) is 22.6. The molecule has 1 saturated heterocycles. The summed E-state index contributed by atoms with van der Waals surface area (Å²) < 4.78 is 0. The molecule has 0 bridgehead atoms. The Labute approximate surface area is 754 Å². The number of carbonyl (C=O) groups excluding carboxylic acids is 12. The molecule has 0 saturated carbocycles. The van der Waals surface area contributed by atoms with Crippen molar-refractivity contribution in [2.24, 2.45) is 41.4 Å². The largest absolute Gasteiger partial charge is 0.390 e. The summed E-state index contributed by atoms with van der Waals surface area (Å²) in [6.07, 6.45) is 10.6. The van der Waals surface area contributed by atoms with E-state index in [4.69, 9.17) is 0 Å². The van der Waals surface area contributed by atoms with Gasteiger partial charge in [0.25, 0.3) is 5.91 Å². The zero-order chi connectivity index (χ0) is 94.1. The summed E-state index contributed by atoms with van der Waals surface area (Å²) in [6, 6.07) is 25.2. The van der Waals surface area contributed by atoms with Gasteiger partial charge in [0, 0.05) is 67.9 Å². The highest BCUT2D eigenvalue weighted by Gasteiger charge is 2.48. The van der Waals surface area contributed by atoms with Crippen molar-refractivity contribution in [3.05, 3.63) is 139 Å². The molecule has 13 atom stereocenters. The molecule has 26 nitrogen and oxygen atoms in total. The smallest absolute Gasteiger partial charge is 0.251 e. The number of nitrogens with zero attached hydrogens (tertiary/aromatic N) is 7. The summed E-state index contributed by atoms with van der Waals surface area (Å²) in [5, 5.41) is 34.7. The highest BCUT2D eigenvalue weighted by molar-refractivity contribution is 7.95. The summed E-state index contributed by atoms with van der Waals surface area (Å²) in [6.45, 7) is 32.2. The SMILES string of the molecule is C/C=C/C[C@@H](C)[C@@H](O)[C@H]1C(=O)N[C@@H](CC)C(=O)N(C)C(Cc2ccc(C(=O)NCCCCCCNCCCCC[P+](c3ccccc3)(c3ccccc3)c3ccccc3)cc2)C(=O)N(C)[C@@H](CC(C)C)C(=O)N[C@@H](C(C)C)C(=O)N(C)[C@@H](CC(C)C)C(=O)N[C@@H](C)C(=O)N[C@H](C)C(=O)N(C)[C@@H](CC(C)C)C(=O)N(C)[C@@H](CC(C)C)C(=O)N(C)[C@@H](C(C)C)C(=O)N1C. The number of unbranched alkanes of at least 4 members (excludes halogenated alkanes) is 5. The lowest BCUT2D eigenvalue weighted by Crippen LogP contribution is -2.64. The van der Waals surface area contributed by atoms with E-state index in [2.05, 4.69) is 123 Å². The Balaban J connectivity index is 1.49. The molecule has 1 aliphatic heterocycles. The van der Waals surface area contributed by atoms with Crippen LogP contribution < -0.4 is 47.8 Å².